The molecule has 1 atom stereocenters. The number of aromatic amines is 1. The number of carbonyl (C=O) groups is 3. The number of carboxylic acids is 2. The first-order chi connectivity index (χ1) is 10.1. The van der Waals surface area contributed by atoms with Crippen molar-refractivity contribution in [1.82, 2.24) is 4.98 Å². The van der Waals surface area contributed by atoms with Gasteiger partial charge in [0.1, 0.15) is 10.7 Å². The lowest BCUT2D eigenvalue weighted by atomic mass is 10.3. The van der Waals surface area contributed by atoms with Gasteiger partial charge in [0, 0.05) is 18.0 Å². The summed E-state index contributed by atoms with van der Waals surface area (Å²) in [5, 5.41) is 15.6. The van der Waals surface area contributed by atoms with Gasteiger partial charge in [-0.25, -0.2) is 4.79 Å². The van der Waals surface area contributed by atoms with E-state index in [1.165, 1.54) is 6.20 Å². The Balaban J connectivity index is 0. The van der Waals surface area contributed by atoms with E-state index in [1.54, 1.807) is 12.1 Å². The summed E-state index contributed by atoms with van der Waals surface area (Å²) in [5.74, 6) is -2.25. The Kier molecular flexibility index (Phi) is 12.6. The fourth-order valence-corrected chi connectivity index (χ4v) is 0.925. The van der Waals surface area contributed by atoms with Crippen LogP contribution in [0.1, 0.15) is 10.4 Å². The molecule has 22 heavy (non-hydrogen) atoms. The van der Waals surface area contributed by atoms with Crippen molar-refractivity contribution < 1.29 is 24.6 Å². The van der Waals surface area contributed by atoms with Gasteiger partial charge in [0.2, 0.25) is 5.91 Å². The number of nitrogens with one attached hydrogen (secondary N) is 1. The van der Waals surface area contributed by atoms with E-state index in [1.807, 2.05) is 0 Å². The quantitative estimate of drug-likeness (QED) is 0.261. The minimum absolute atomic E-state index is 0.190. The standard InChI is InChI=1S/C6H6N2OS.C3H7NO2S.C3H4O2/c7-6(9)4-1-2-5(10)8-3-4;4-2(1-7)3(5)6;1-2-3(4)5/h1-3H,(H2,7,9)(H,8,10);2,7H,1,4H2,(H,5,6);2H,1H2,(H,4,5)/t;2-;/m.0./s1. The molecule has 0 saturated carbocycles. The molecule has 1 heterocycles. The second-order valence-corrected chi connectivity index (χ2v) is 4.28. The Hall–Kier alpha value is -2.17. The molecule has 0 fully saturated rings. The molecular weight excluding hydrogens is 330 g/mol. The van der Waals surface area contributed by atoms with E-state index in [-0.39, 0.29) is 5.75 Å². The van der Waals surface area contributed by atoms with Gasteiger partial charge in [-0.05, 0) is 12.1 Å². The van der Waals surface area contributed by atoms with Crippen LogP contribution in [0.3, 0.4) is 0 Å². The SMILES string of the molecule is C=CC(=O)O.NC(=O)c1ccc(=S)[nH]c1.N[C@@H](CS)C(=O)O. The largest absolute Gasteiger partial charge is 0.480 e. The summed E-state index contributed by atoms with van der Waals surface area (Å²) >= 11 is 8.40. The zero-order valence-corrected chi connectivity index (χ0v) is 13.1. The smallest absolute Gasteiger partial charge is 0.327 e. The molecule has 0 spiro atoms. The third-order valence-corrected chi connectivity index (χ3v) is 2.40. The summed E-state index contributed by atoms with van der Waals surface area (Å²) in [7, 11) is 0. The molecule has 0 saturated heterocycles. The van der Waals surface area contributed by atoms with Gasteiger partial charge in [0.15, 0.2) is 0 Å². The number of aliphatic carboxylic acids is 2. The van der Waals surface area contributed by atoms with Crippen LogP contribution in [0.2, 0.25) is 0 Å². The first-order valence-corrected chi connectivity index (χ1v) is 6.62. The number of hydrogen-bond donors (Lipinski definition) is 6. The van der Waals surface area contributed by atoms with E-state index in [2.05, 4.69) is 24.2 Å². The third kappa shape index (κ3) is 12.8. The zero-order valence-electron chi connectivity index (χ0n) is 11.4. The number of amides is 1. The molecule has 7 N–H and O–H groups in total. The Morgan fingerprint density at radius 2 is 1.91 bits per heavy atom. The topological polar surface area (TPSA) is 159 Å². The Morgan fingerprint density at radius 1 is 1.41 bits per heavy atom. The van der Waals surface area contributed by atoms with Gasteiger partial charge < -0.3 is 26.7 Å². The van der Waals surface area contributed by atoms with Gasteiger partial charge >= 0.3 is 11.9 Å². The second kappa shape index (κ2) is 12.6. The van der Waals surface area contributed by atoms with Gasteiger partial charge in [-0.15, -0.1) is 0 Å². The maximum atomic E-state index is 10.5. The average Bonchev–Trinajstić information content (AvgIpc) is 2.47. The first-order valence-electron chi connectivity index (χ1n) is 5.58. The number of hydrogen-bond acceptors (Lipinski definition) is 6. The zero-order chi connectivity index (χ0) is 17.7. The van der Waals surface area contributed by atoms with Crippen LogP contribution in [0.25, 0.3) is 0 Å². The van der Waals surface area contributed by atoms with Gasteiger partial charge in [-0.3, -0.25) is 9.59 Å². The molecule has 10 heteroatoms. The number of nitrogens with two attached hydrogens (primary N) is 2. The molecule has 0 aliphatic heterocycles. The number of H-pyrrole nitrogens is 1. The summed E-state index contributed by atoms with van der Waals surface area (Å²) < 4.78 is 0.588. The van der Waals surface area contributed by atoms with Crippen molar-refractivity contribution in [1.29, 1.82) is 0 Å². The molecular formula is C12H17N3O5S2. The molecule has 0 bridgehead atoms. The molecule has 1 aromatic rings. The molecule has 0 aliphatic rings. The highest BCUT2D eigenvalue weighted by molar-refractivity contribution is 7.80. The van der Waals surface area contributed by atoms with Crippen LogP contribution in [0.5, 0.6) is 0 Å². The number of carbonyl (C=O) groups excluding carboxylic acids is 1. The molecule has 0 aliphatic carbocycles. The lowest BCUT2D eigenvalue weighted by Gasteiger charge is -1.96. The van der Waals surface area contributed by atoms with Crippen molar-refractivity contribution in [3.05, 3.63) is 41.2 Å². The number of rotatable bonds is 4. The van der Waals surface area contributed by atoms with Crippen molar-refractivity contribution in [3.8, 4) is 0 Å². The van der Waals surface area contributed by atoms with E-state index in [9.17, 15) is 14.4 Å². The third-order valence-electron chi connectivity index (χ3n) is 1.76. The highest BCUT2D eigenvalue weighted by atomic mass is 32.1. The number of pyridine rings is 1. The highest BCUT2D eigenvalue weighted by Gasteiger charge is 2.06. The van der Waals surface area contributed by atoms with E-state index in [0.29, 0.717) is 10.2 Å². The maximum absolute atomic E-state index is 10.5. The molecule has 122 valence electrons. The van der Waals surface area contributed by atoms with Crippen molar-refractivity contribution in [2.24, 2.45) is 11.5 Å². The summed E-state index contributed by atoms with van der Waals surface area (Å²) in [5.41, 5.74) is 10.3. The first kappa shape index (κ1) is 22.1. The predicted molar refractivity (Wildman–Crippen MR) is 87.4 cm³/mol. The second-order valence-electron chi connectivity index (χ2n) is 3.48. The Morgan fingerprint density at radius 3 is 2.09 bits per heavy atom. The van der Waals surface area contributed by atoms with Crippen molar-refractivity contribution in [2.75, 3.05) is 5.75 Å². The molecule has 1 aromatic heterocycles. The van der Waals surface area contributed by atoms with Crippen LogP contribution in [0.4, 0.5) is 0 Å². The number of primary amides is 1. The lowest BCUT2D eigenvalue weighted by molar-refractivity contribution is -0.138. The van der Waals surface area contributed by atoms with Crippen LogP contribution >= 0.6 is 24.8 Å². The van der Waals surface area contributed by atoms with Crippen molar-refractivity contribution >= 4 is 42.7 Å². The number of aromatic nitrogens is 1. The summed E-state index contributed by atoms with van der Waals surface area (Å²) in [4.78, 5) is 32.2. The minimum Gasteiger partial charge on any atom is -0.480 e. The lowest BCUT2D eigenvalue weighted by Crippen LogP contribution is -2.31. The molecule has 1 rings (SSSR count). The summed E-state index contributed by atoms with van der Waals surface area (Å²) in [6.45, 7) is 2.96. The number of carboxylic acid groups (broad SMARTS) is 2. The minimum atomic E-state index is -1.00. The number of thiol groups is 1. The molecule has 0 aromatic carbocycles. The van der Waals surface area contributed by atoms with E-state index in [4.69, 9.17) is 33.9 Å². The summed E-state index contributed by atoms with van der Waals surface area (Å²) in [6.07, 6.45) is 2.32. The molecule has 1 amide bonds. The van der Waals surface area contributed by atoms with Crippen LogP contribution in [-0.4, -0.2) is 44.8 Å². The Labute approximate surface area is 137 Å². The van der Waals surface area contributed by atoms with Crippen LogP contribution in [-0.2, 0) is 9.59 Å². The van der Waals surface area contributed by atoms with Gasteiger partial charge in [0.25, 0.3) is 0 Å². The van der Waals surface area contributed by atoms with Gasteiger partial charge in [-0.1, -0.05) is 18.8 Å². The van der Waals surface area contributed by atoms with E-state index < -0.39 is 23.9 Å². The van der Waals surface area contributed by atoms with Crippen LogP contribution in [0.15, 0.2) is 31.0 Å². The van der Waals surface area contributed by atoms with Gasteiger partial charge in [0.05, 0.1) is 5.56 Å². The Bertz CT molecular complexity index is 554. The van der Waals surface area contributed by atoms with Crippen molar-refractivity contribution in [3.63, 3.8) is 0 Å². The average molecular weight is 347 g/mol. The predicted octanol–water partition coefficient (Wildman–Crippen LogP) is 0.428. The van der Waals surface area contributed by atoms with E-state index >= 15 is 0 Å². The fraction of sp³-hybridized carbons (Fsp3) is 0.167. The van der Waals surface area contributed by atoms with E-state index in [0.717, 1.165) is 6.08 Å². The molecule has 0 radical (unpaired) electrons. The van der Waals surface area contributed by atoms with Gasteiger partial charge in [-0.2, -0.15) is 12.6 Å². The molecule has 0 unspecified atom stereocenters. The normalized spacial score (nSPS) is 9.91. The van der Waals surface area contributed by atoms with Crippen LogP contribution in [0, 0.1) is 4.64 Å². The highest BCUT2D eigenvalue weighted by Crippen LogP contribution is 1.94. The fourth-order valence-electron chi connectivity index (χ4n) is 0.642. The monoisotopic (exact) mass is 347 g/mol. The summed E-state index contributed by atoms with van der Waals surface area (Å²) in [6, 6.07) is 2.39. The van der Waals surface area contributed by atoms with Crippen LogP contribution < -0.4 is 11.5 Å². The van der Waals surface area contributed by atoms with Crippen molar-refractivity contribution in [2.45, 2.75) is 6.04 Å². The molecule has 8 nitrogen and oxygen atoms in total. The maximum Gasteiger partial charge on any atom is 0.327 e.